The van der Waals surface area contributed by atoms with E-state index in [0.717, 1.165) is 35.8 Å². The molecule has 21 heavy (non-hydrogen) atoms. The number of nitrogens with one attached hydrogen (secondary N) is 1. The van der Waals surface area contributed by atoms with Crippen LogP contribution in [-0.2, 0) is 20.1 Å². The van der Waals surface area contributed by atoms with Crippen LogP contribution in [-0.4, -0.2) is 24.0 Å². The molecule has 1 aromatic heterocycles. The molecule has 0 amide bonds. The van der Waals surface area contributed by atoms with E-state index in [0.29, 0.717) is 0 Å². The number of hydrogen-bond donors (Lipinski definition) is 1. The highest BCUT2D eigenvalue weighted by Crippen LogP contribution is 2.24. The number of methoxy groups -OCH3 is 2. The first-order chi connectivity index (χ1) is 10.1. The first kappa shape index (κ1) is 15.4. The molecule has 0 atom stereocenters. The van der Waals surface area contributed by atoms with Gasteiger partial charge in [0.25, 0.3) is 0 Å². The maximum atomic E-state index is 5.41. The molecule has 0 unspecified atom stereocenters. The molecule has 1 heterocycles. The van der Waals surface area contributed by atoms with Crippen molar-refractivity contribution >= 4 is 0 Å². The highest BCUT2D eigenvalue weighted by molar-refractivity contribution is 5.40. The summed E-state index contributed by atoms with van der Waals surface area (Å²) >= 11 is 0. The molecule has 0 aliphatic carbocycles. The molecule has 0 spiro atoms. The average Bonchev–Trinajstić information content (AvgIpc) is 2.73. The fourth-order valence-corrected chi connectivity index (χ4v) is 2.39. The smallest absolute Gasteiger partial charge is 0.127 e. The standard InChI is InChI=1S/C16H23N3O2/c1-11-15(12(2)19(3)18-11)10-17-9-13-6-7-14(20-4)8-16(13)21-5/h6-8,17H,9-10H2,1-5H3. The lowest BCUT2D eigenvalue weighted by Gasteiger charge is -2.11. The Bertz CT molecular complexity index is 620. The summed E-state index contributed by atoms with van der Waals surface area (Å²) in [7, 11) is 5.30. The van der Waals surface area contributed by atoms with Crippen LogP contribution in [0.4, 0.5) is 0 Å². The second-order valence-corrected chi connectivity index (χ2v) is 5.05. The number of hydrogen-bond acceptors (Lipinski definition) is 4. The van der Waals surface area contributed by atoms with Crippen molar-refractivity contribution in [2.45, 2.75) is 26.9 Å². The second kappa shape index (κ2) is 6.63. The van der Waals surface area contributed by atoms with E-state index in [4.69, 9.17) is 9.47 Å². The largest absolute Gasteiger partial charge is 0.497 e. The van der Waals surface area contributed by atoms with E-state index < -0.39 is 0 Å². The van der Waals surface area contributed by atoms with Crippen molar-refractivity contribution in [3.8, 4) is 11.5 Å². The quantitative estimate of drug-likeness (QED) is 0.887. The van der Waals surface area contributed by atoms with Gasteiger partial charge in [0, 0.05) is 43.0 Å². The third-order valence-corrected chi connectivity index (χ3v) is 3.77. The molecule has 2 rings (SSSR count). The third kappa shape index (κ3) is 3.36. The number of aryl methyl sites for hydroxylation is 2. The van der Waals surface area contributed by atoms with Crippen molar-refractivity contribution in [2.75, 3.05) is 14.2 Å². The monoisotopic (exact) mass is 289 g/mol. The van der Waals surface area contributed by atoms with E-state index in [1.807, 2.05) is 36.9 Å². The van der Waals surface area contributed by atoms with Crippen LogP contribution in [0.3, 0.4) is 0 Å². The molecule has 1 N–H and O–H groups in total. The highest BCUT2D eigenvalue weighted by atomic mass is 16.5. The van der Waals surface area contributed by atoms with Gasteiger partial charge in [-0.1, -0.05) is 6.07 Å². The van der Waals surface area contributed by atoms with Gasteiger partial charge < -0.3 is 14.8 Å². The predicted molar refractivity (Wildman–Crippen MR) is 82.8 cm³/mol. The number of rotatable bonds is 6. The Kier molecular flexibility index (Phi) is 4.85. The summed E-state index contributed by atoms with van der Waals surface area (Å²) in [6.45, 7) is 5.66. The van der Waals surface area contributed by atoms with E-state index >= 15 is 0 Å². The summed E-state index contributed by atoms with van der Waals surface area (Å²) in [5, 5.41) is 7.88. The number of benzene rings is 1. The zero-order chi connectivity index (χ0) is 15.4. The number of ether oxygens (including phenoxy) is 2. The Morgan fingerprint density at radius 1 is 1.14 bits per heavy atom. The van der Waals surface area contributed by atoms with Crippen LogP contribution in [0.25, 0.3) is 0 Å². The van der Waals surface area contributed by atoms with Gasteiger partial charge >= 0.3 is 0 Å². The summed E-state index contributed by atoms with van der Waals surface area (Å²) in [6.07, 6.45) is 0. The zero-order valence-corrected chi connectivity index (χ0v) is 13.4. The normalized spacial score (nSPS) is 10.7. The van der Waals surface area contributed by atoms with E-state index in [9.17, 15) is 0 Å². The molecule has 5 nitrogen and oxygen atoms in total. The third-order valence-electron chi connectivity index (χ3n) is 3.77. The van der Waals surface area contributed by atoms with E-state index in [2.05, 4.69) is 17.3 Å². The van der Waals surface area contributed by atoms with Crippen LogP contribution in [0.2, 0.25) is 0 Å². The SMILES string of the molecule is COc1ccc(CNCc2c(C)nn(C)c2C)c(OC)c1. The lowest BCUT2D eigenvalue weighted by Crippen LogP contribution is -2.14. The van der Waals surface area contributed by atoms with Crippen molar-refractivity contribution in [1.82, 2.24) is 15.1 Å². The molecule has 2 aromatic rings. The molecule has 0 aliphatic rings. The highest BCUT2D eigenvalue weighted by Gasteiger charge is 2.09. The Morgan fingerprint density at radius 3 is 2.48 bits per heavy atom. The number of nitrogens with zero attached hydrogens (tertiary/aromatic N) is 2. The van der Waals surface area contributed by atoms with Crippen LogP contribution in [0.15, 0.2) is 18.2 Å². The first-order valence-electron chi connectivity index (χ1n) is 6.97. The molecule has 0 bridgehead atoms. The van der Waals surface area contributed by atoms with Gasteiger partial charge in [0.05, 0.1) is 19.9 Å². The average molecular weight is 289 g/mol. The Morgan fingerprint density at radius 2 is 1.90 bits per heavy atom. The molecule has 0 fully saturated rings. The minimum atomic E-state index is 0.737. The molecule has 0 saturated heterocycles. The summed E-state index contributed by atoms with van der Waals surface area (Å²) in [5.41, 5.74) is 4.63. The van der Waals surface area contributed by atoms with Gasteiger partial charge in [0.2, 0.25) is 0 Å². The Labute approximate surface area is 125 Å². The second-order valence-electron chi connectivity index (χ2n) is 5.05. The predicted octanol–water partition coefficient (Wildman–Crippen LogP) is 2.34. The lowest BCUT2D eigenvalue weighted by atomic mass is 10.1. The lowest BCUT2D eigenvalue weighted by molar-refractivity contribution is 0.390. The summed E-state index contributed by atoms with van der Waals surface area (Å²) in [5.74, 6) is 1.64. The first-order valence-corrected chi connectivity index (χ1v) is 6.97. The molecular weight excluding hydrogens is 266 g/mol. The topological polar surface area (TPSA) is 48.3 Å². The fraction of sp³-hybridized carbons (Fsp3) is 0.438. The van der Waals surface area contributed by atoms with Gasteiger partial charge in [-0.25, -0.2) is 0 Å². The van der Waals surface area contributed by atoms with Crippen LogP contribution >= 0.6 is 0 Å². The van der Waals surface area contributed by atoms with Crippen LogP contribution in [0, 0.1) is 13.8 Å². The minimum Gasteiger partial charge on any atom is -0.497 e. The molecule has 1 aromatic carbocycles. The minimum absolute atomic E-state index is 0.737. The van der Waals surface area contributed by atoms with Crippen molar-refractivity contribution in [2.24, 2.45) is 7.05 Å². The van der Waals surface area contributed by atoms with Gasteiger partial charge in [0.15, 0.2) is 0 Å². The van der Waals surface area contributed by atoms with Gasteiger partial charge in [-0.2, -0.15) is 5.10 Å². The molecule has 0 aliphatic heterocycles. The fourth-order valence-electron chi connectivity index (χ4n) is 2.39. The molecule has 5 heteroatoms. The number of aromatic nitrogens is 2. The molecule has 0 radical (unpaired) electrons. The van der Waals surface area contributed by atoms with Crippen LogP contribution in [0.5, 0.6) is 11.5 Å². The Hall–Kier alpha value is -2.01. The molecule has 114 valence electrons. The van der Waals surface area contributed by atoms with Crippen molar-refractivity contribution < 1.29 is 9.47 Å². The molecular formula is C16H23N3O2. The van der Waals surface area contributed by atoms with Crippen molar-refractivity contribution in [3.05, 3.63) is 40.7 Å². The van der Waals surface area contributed by atoms with Crippen LogP contribution in [0.1, 0.15) is 22.5 Å². The summed E-state index contributed by atoms with van der Waals surface area (Å²) in [4.78, 5) is 0. The van der Waals surface area contributed by atoms with E-state index in [1.54, 1.807) is 14.2 Å². The van der Waals surface area contributed by atoms with E-state index in [1.165, 1.54) is 11.3 Å². The molecule has 0 saturated carbocycles. The summed E-state index contributed by atoms with van der Waals surface area (Å²) < 4.78 is 12.5. The van der Waals surface area contributed by atoms with Gasteiger partial charge in [-0.15, -0.1) is 0 Å². The van der Waals surface area contributed by atoms with Crippen LogP contribution < -0.4 is 14.8 Å². The maximum absolute atomic E-state index is 5.41. The summed E-state index contributed by atoms with van der Waals surface area (Å²) in [6, 6.07) is 5.87. The van der Waals surface area contributed by atoms with Gasteiger partial charge in [-0.3, -0.25) is 4.68 Å². The Balaban J connectivity index is 2.03. The van der Waals surface area contributed by atoms with Crippen molar-refractivity contribution in [1.29, 1.82) is 0 Å². The maximum Gasteiger partial charge on any atom is 0.127 e. The van der Waals surface area contributed by atoms with Gasteiger partial charge in [-0.05, 0) is 19.9 Å². The van der Waals surface area contributed by atoms with Gasteiger partial charge in [0.1, 0.15) is 11.5 Å². The van der Waals surface area contributed by atoms with E-state index in [-0.39, 0.29) is 0 Å². The zero-order valence-electron chi connectivity index (χ0n) is 13.4. The van der Waals surface area contributed by atoms with Crippen molar-refractivity contribution in [3.63, 3.8) is 0 Å².